The van der Waals surface area contributed by atoms with E-state index in [2.05, 4.69) is 5.32 Å². The highest BCUT2D eigenvalue weighted by molar-refractivity contribution is 5.79. The number of hydrogen-bond acceptors (Lipinski definition) is 4. The molecule has 0 rings (SSSR count). The molecule has 6 nitrogen and oxygen atoms in total. The van der Waals surface area contributed by atoms with Crippen LogP contribution in [0.1, 0.15) is 20.3 Å². The molecule has 0 fully saturated rings. The molecule has 0 saturated heterocycles. The van der Waals surface area contributed by atoms with Crippen molar-refractivity contribution >= 4 is 11.9 Å². The Morgan fingerprint density at radius 2 is 1.93 bits per heavy atom. The minimum Gasteiger partial charge on any atom is -0.480 e. The fourth-order valence-corrected chi connectivity index (χ4v) is 1.10. The highest BCUT2D eigenvalue weighted by atomic mass is 16.4. The molecular formula is C8H15NO5. The summed E-state index contributed by atoms with van der Waals surface area (Å²) in [5.74, 6) is -2.32. The van der Waals surface area contributed by atoms with Gasteiger partial charge in [0.25, 0.3) is 0 Å². The van der Waals surface area contributed by atoms with Gasteiger partial charge in [-0.3, -0.25) is 14.9 Å². The van der Waals surface area contributed by atoms with Crippen LogP contribution in [0.2, 0.25) is 0 Å². The van der Waals surface area contributed by atoms with Crippen molar-refractivity contribution in [3.05, 3.63) is 0 Å². The summed E-state index contributed by atoms with van der Waals surface area (Å²) >= 11 is 0. The van der Waals surface area contributed by atoms with E-state index >= 15 is 0 Å². The fourth-order valence-electron chi connectivity index (χ4n) is 1.10. The maximum absolute atomic E-state index is 10.8. The zero-order chi connectivity index (χ0) is 11.4. The van der Waals surface area contributed by atoms with Crippen molar-refractivity contribution in [3.63, 3.8) is 0 Å². The van der Waals surface area contributed by atoms with Gasteiger partial charge in [-0.25, -0.2) is 0 Å². The van der Waals surface area contributed by atoms with E-state index in [1.54, 1.807) is 0 Å². The van der Waals surface area contributed by atoms with E-state index in [0.29, 0.717) is 0 Å². The third kappa shape index (κ3) is 4.20. The van der Waals surface area contributed by atoms with Gasteiger partial charge in [0.15, 0.2) is 0 Å². The number of carboxylic acid groups (broad SMARTS) is 2. The lowest BCUT2D eigenvalue weighted by atomic mass is 9.95. The summed E-state index contributed by atoms with van der Waals surface area (Å²) in [6.07, 6.45) is -0.854. The Kier molecular flexibility index (Phi) is 4.52. The molecule has 0 aliphatic heterocycles. The van der Waals surface area contributed by atoms with Gasteiger partial charge in [0.1, 0.15) is 5.54 Å². The van der Waals surface area contributed by atoms with Crippen LogP contribution in [0.4, 0.5) is 0 Å². The van der Waals surface area contributed by atoms with Crippen molar-refractivity contribution in [1.29, 1.82) is 0 Å². The van der Waals surface area contributed by atoms with Crippen molar-refractivity contribution in [2.75, 3.05) is 6.54 Å². The van der Waals surface area contributed by atoms with E-state index < -0.39 is 30.1 Å². The Hall–Kier alpha value is -1.14. The quantitative estimate of drug-likeness (QED) is 0.455. The lowest BCUT2D eigenvalue weighted by molar-refractivity contribution is -0.146. The van der Waals surface area contributed by atoms with Gasteiger partial charge >= 0.3 is 11.9 Å². The summed E-state index contributed by atoms with van der Waals surface area (Å²) < 4.78 is 0. The normalized spacial score (nSPS) is 17.1. The highest BCUT2D eigenvalue weighted by Crippen LogP contribution is 2.12. The Morgan fingerprint density at radius 3 is 2.21 bits per heavy atom. The van der Waals surface area contributed by atoms with Crippen LogP contribution in [0.25, 0.3) is 0 Å². The number of carbonyl (C=O) groups is 2. The van der Waals surface area contributed by atoms with Crippen LogP contribution in [0, 0.1) is 0 Å². The first-order valence-corrected chi connectivity index (χ1v) is 4.16. The van der Waals surface area contributed by atoms with Gasteiger partial charge < -0.3 is 15.3 Å². The van der Waals surface area contributed by atoms with Crippen LogP contribution >= 0.6 is 0 Å². The van der Waals surface area contributed by atoms with Crippen LogP contribution in [-0.2, 0) is 9.59 Å². The van der Waals surface area contributed by atoms with Crippen molar-refractivity contribution in [2.24, 2.45) is 0 Å². The number of aliphatic hydroxyl groups excluding tert-OH is 1. The summed E-state index contributed by atoms with van der Waals surface area (Å²) in [6.45, 7) is 2.34. The van der Waals surface area contributed by atoms with Gasteiger partial charge in [0.05, 0.1) is 12.6 Å². The molecule has 0 spiro atoms. The van der Waals surface area contributed by atoms with E-state index in [0.717, 1.165) is 0 Å². The van der Waals surface area contributed by atoms with Crippen molar-refractivity contribution in [3.8, 4) is 0 Å². The van der Waals surface area contributed by atoms with E-state index in [1.165, 1.54) is 13.8 Å². The van der Waals surface area contributed by atoms with E-state index in [1.807, 2.05) is 0 Å². The monoisotopic (exact) mass is 205 g/mol. The second kappa shape index (κ2) is 4.92. The number of rotatable bonds is 6. The number of aliphatic carboxylic acids is 2. The van der Waals surface area contributed by atoms with Crippen LogP contribution < -0.4 is 5.32 Å². The number of carboxylic acids is 2. The maximum atomic E-state index is 10.8. The molecule has 6 heteroatoms. The first-order chi connectivity index (χ1) is 6.28. The molecule has 0 amide bonds. The first kappa shape index (κ1) is 12.9. The zero-order valence-corrected chi connectivity index (χ0v) is 8.15. The molecule has 0 aromatic rings. The topological polar surface area (TPSA) is 107 Å². The molecule has 0 saturated carbocycles. The summed E-state index contributed by atoms with van der Waals surface area (Å²) in [6, 6.07) is 0. The summed E-state index contributed by atoms with van der Waals surface area (Å²) in [7, 11) is 0. The molecule has 2 unspecified atom stereocenters. The molecule has 0 aromatic carbocycles. The predicted molar refractivity (Wildman–Crippen MR) is 48.0 cm³/mol. The minimum atomic E-state index is -1.41. The predicted octanol–water partition coefficient (Wildman–Crippen LogP) is -0.725. The molecule has 2 atom stereocenters. The largest absolute Gasteiger partial charge is 0.480 e. The standard InChI is InChI=1S/C8H15NO5/c1-5(10)3-8(2,7(13)14)9-4-6(11)12/h5,9-10H,3-4H2,1-2H3,(H,11,12)(H,13,14). The summed E-state index contributed by atoms with van der Waals surface area (Å²) in [5, 5.41) is 28.6. The van der Waals surface area contributed by atoms with E-state index in [4.69, 9.17) is 15.3 Å². The van der Waals surface area contributed by atoms with Gasteiger partial charge in [0, 0.05) is 6.42 Å². The van der Waals surface area contributed by atoms with Gasteiger partial charge in [-0.05, 0) is 13.8 Å². The average Bonchev–Trinajstić information content (AvgIpc) is 1.99. The molecule has 14 heavy (non-hydrogen) atoms. The van der Waals surface area contributed by atoms with E-state index in [9.17, 15) is 9.59 Å². The third-order valence-electron chi connectivity index (χ3n) is 1.81. The zero-order valence-electron chi connectivity index (χ0n) is 8.15. The molecule has 0 heterocycles. The van der Waals surface area contributed by atoms with Crippen molar-refractivity contribution < 1.29 is 24.9 Å². The van der Waals surface area contributed by atoms with Crippen molar-refractivity contribution in [1.82, 2.24) is 5.32 Å². The molecule has 0 bridgehead atoms. The van der Waals surface area contributed by atoms with Crippen molar-refractivity contribution in [2.45, 2.75) is 31.9 Å². The minimum absolute atomic E-state index is 0.0460. The van der Waals surface area contributed by atoms with Crippen LogP contribution in [0.3, 0.4) is 0 Å². The highest BCUT2D eigenvalue weighted by Gasteiger charge is 2.34. The van der Waals surface area contributed by atoms with Gasteiger partial charge in [-0.1, -0.05) is 0 Å². The Morgan fingerprint density at radius 1 is 1.43 bits per heavy atom. The first-order valence-electron chi connectivity index (χ1n) is 4.16. The smallest absolute Gasteiger partial charge is 0.323 e. The van der Waals surface area contributed by atoms with Gasteiger partial charge in [-0.2, -0.15) is 0 Å². The Labute approximate surface area is 81.5 Å². The van der Waals surface area contributed by atoms with Crippen LogP contribution in [-0.4, -0.2) is 45.4 Å². The van der Waals surface area contributed by atoms with Crippen LogP contribution in [0.15, 0.2) is 0 Å². The maximum Gasteiger partial charge on any atom is 0.323 e. The second-order valence-corrected chi connectivity index (χ2v) is 3.44. The lowest BCUT2D eigenvalue weighted by Gasteiger charge is -2.26. The average molecular weight is 205 g/mol. The van der Waals surface area contributed by atoms with Gasteiger partial charge in [-0.15, -0.1) is 0 Å². The Bertz CT molecular complexity index is 228. The van der Waals surface area contributed by atoms with Crippen LogP contribution in [0.5, 0.6) is 0 Å². The summed E-state index contributed by atoms with van der Waals surface area (Å²) in [5.41, 5.74) is -1.41. The third-order valence-corrected chi connectivity index (χ3v) is 1.81. The van der Waals surface area contributed by atoms with Gasteiger partial charge in [0.2, 0.25) is 0 Å². The summed E-state index contributed by atoms with van der Waals surface area (Å²) in [4.78, 5) is 21.0. The fraction of sp³-hybridized carbons (Fsp3) is 0.750. The molecule has 0 aliphatic rings. The molecule has 82 valence electrons. The number of hydrogen-bond donors (Lipinski definition) is 4. The number of nitrogens with one attached hydrogen (secondary N) is 1. The van der Waals surface area contributed by atoms with E-state index in [-0.39, 0.29) is 6.42 Å². The lowest BCUT2D eigenvalue weighted by Crippen LogP contribution is -2.52. The molecule has 0 aromatic heterocycles. The molecule has 0 radical (unpaired) electrons. The molecular weight excluding hydrogens is 190 g/mol. The SMILES string of the molecule is CC(O)CC(C)(NCC(=O)O)C(=O)O. The molecule has 0 aliphatic carbocycles. The Balaban J connectivity index is 4.39. The second-order valence-electron chi connectivity index (χ2n) is 3.44. The number of aliphatic hydroxyl groups is 1. The molecule has 4 N–H and O–H groups in total.